The van der Waals surface area contributed by atoms with Gasteiger partial charge in [0.25, 0.3) is 5.91 Å². The van der Waals surface area contributed by atoms with E-state index in [-0.39, 0.29) is 43.6 Å². The van der Waals surface area contributed by atoms with E-state index < -0.39 is 6.04 Å². The Morgan fingerprint density at radius 2 is 2.13 bits per heavy atom. The highest BCUT2D eigenvalue weighted by Gasteiger charge is 2.36. The summed E-state index contributed by atoms with van der Waals surface area (Å²) < 4.78 is 19.3. The van der Waals surface area contributed by atoms with Crippen LogP contribution in [0.25, 0.3) is 0 Å². The summed E-state index contributed by atoms with van der Waals surface area (Å²) in [7, 11) is 3.02. The van der Waals surface area contributed by atoms with Gasteiger partial charge in [0.05, 0.1) is 7.11 Å². The van der Waals surface area contributed by atoms with Crippen molar-refractivity contribution in [3.05, 3.63) is 58.9 Å². The second-order valence-corrected chi connectivity index (χ2v) is 6.95. The molecule has 8 heteroatoms. The van der Waals surface area contributed by atoms with Crippen LogP contribution in [0.3, 0.4) is 0 Å². The first kappa shape index (κ1) is 21.3. The van der Waals surface area contributed by atoms with Gasteiger partial charge in [-0.3, -0.25) is 9.59 Å². The van der Waals surface area contributed by atoms with Crippen molar-refractivity contribution in [1.82, 2.24) is 10.2 Å². The zero-order valence-electron chi connectivity index (χ0n) is 16.9. The minimum Gasteiger partial charge on any atom is -0.497 e. The number of likely N-dealkylation sites (N-methyl/N-ethyl adjacent to an activating group) is 1. The van der Waals surface area contributed by atoms with Gasteiger partial charge >= 0.3 is 0 Å². The summed E-state index contributed by atoms with van der Waals surface area (Å²) in [5.41, 5.74) is 2.36. The van der Waals surface area contributed by atoms with E-state index in [4.69, 9.17) is 4.74 Å². The molecule has 0 bridgehead atoms. The molecular formula is C22H24FN3O4. The van der Waals surface area contributed by atoms with Crippen LogP contribution in [0.4, 0.5) is 10.1 Å². The number of nitrogens with one attached hydrogen (secondary N) is 2. The quantitative estimate of drug-likeness (QED) is 0.617. The van der Waals surface area contributed by atoms with Crippen LogP contribution in [0.1, 0.15) is 34.3 Å². The third-order valence-electron chi connectivity index (χ3n) is 5.20. The number of hydrogen-bond acceptors (Lipinski definition) is 5. The number of anilines is 1. The smallest absolute Gasteiger partial charge is 0.255 e. The number of fused-ring (bicyclic) bond motifs is 1. The van der Waals surface area contributed by atoms with Gasteiger partial charge in [-0.05, 0) is 36.8 Å². The van der Waals surface area contributed by atoms with Gasteiger partial charge in [-0.2, -0.15) is 0 Å². The van der Waals surface area contributed by atoms with Crippen molar-refractivity contribution >= 4 is 23.8 Å². The minimum atomic E-state index is -0.733. The molecule has 1 heterocycles. The zero-order valence-corrected chi connectivity index (χ0v) is 16.9. The third-order valence-corrected chi connectivity index (χ3v) is 5.20. The molecule has 0 radical (unpaired) electrons. The maximum absolute atomic E-state index is 14.1. The van der Waals surface area contributed by atoms with Crippen LogP contribution in [-0.2, 0) is 22.7 Å². The van der Waals surface area contributed by atoms with E-state index in [1.807, 2.05) is 6.07 Å². The molecule has 2 amide bonds. The summed E-state index contributed by atoms with van der Waals surface area (Å²) in [6.07, 6.45) is 1.17. The minimum absolute atomic E-state index is 0.179. The summed E-state index contributed by atoms with van der Waals surface area (Å²) in [5, 5.41) is 5.75. The van der Waals surface area contributed by atoms with Crippen LogP contribution in [0.5, 0.6) is 5.75 Å². The third kappa shape index (κ3) is 4.27. The maximum atomic E-state index is 14.1. The highest BCUT2D eigenvalue weighted by Crippen LogP contribution is 2.32. The molecule has 0 aromatic heterocycles. The number of methoxy groups -OCH3 is 1. The first-order valence-corrected chi connectivity index (χ1v) is 9.64. The molecule has 7 nitrogen and oxygen atoms in total. The molecule has 0 saturated carbocycles. The summed E-state index contributed by atoms with van der Waals surface area (Å²) in [5.74, 6) is -0.384. The molecule has 0 saturated heterocycles. The van der Waals surface area contributed by atoms with Crippen molar-refractivity contribution in [3.8, 4) is 5.75 Å². The van der Waals surface area contributed by atoms with E-state index in [1.165, 1.54) is 25.1 Å². The number of halogens is 1. The van der Waals surface area contributed by atoms with Gasteiger partial charge in [0.15, 0.2) is 0 Å². The maximum Gasteiger partial charge on any atom is 0.255 e. The lowest BCUT2D eigenvalue weighted by atomic mass is 10.1. The standard InChI is InChI=1S/C22H24FN3O4/c1-24-21(28)20(7-4-10-27)26-13-17-16(22(26)29)5-3-6-19(17)25-12-14-11-15(30-2)8-9-18(14)23/h3,5-6,8-11,20,25H,4,7,12-13H2,1-2H3,(H,24,28). The highest BCUT2D eigenvalue weighted by molar-refractivity contribution is 6.02. The SMILES string of the molecule is CNC(=O)C(CCC=O)N1Cc2c(NCc3cc(OC)ccc3F)cccc2C1=O. The molecule has 0 spiro atoms. The molecular weight excluding hydrogens is 389 g/mol. The number of rotatable bonds is 9. The number of hydrogen-bond donors (Lipinski definition) is 2. The molecule has 2 aromatic carbocycles. The van der Waals surface area contributed by atoms with Crippen LogP contribution in [0.15, 0.2) is 36.4 Å². The highest BCUT2D eigenvalue weighted by atomic mass is 19.1. The normalized spacial score (nSPS) is 13.6. The zero-order chi connectivity index (χ0) is 21.7. The fourth-order valence-electron chi connectivity index (χ4n) is 3.60. The number of carbonyl (C=O) groups is 3. The van der Waals surface area contributed by atoms with Gasteiger partial charge in [0, 0.05) is 48.9 Å². The average Bonchev–Trinajstić information content (AvgIpc) is 3.10. The van der Waals surface area contributed by atoms with Gasteiger partial charge in [-0.25, -0.2) is 4.39 Å². The Labute approximate surface area is 174 Å². The number of benzene rings is 2. The van der Waals surface area contributed by atoms with Gasteiger partial charge in [-0.1, -0.05) is 6.07 Å². The van der Waals surface area contributed by atoms with Crippen LogP contribution in [-0.4, -0.2) is 43.2 Å². The first-order valence-electron chi connectivity index (χ1n) is 9.64. The van der Waals surface area contributed by atoms with Gasteiger partial charge in [0.1, 0.15) is 23.9 Å². The van der Waals surface area contributed by atoms with Gasteiger partial charge < -0.3 is 25.1 Å². The topological polar surface area (TPSA) is 87.7 Å². The van der Waals surface area contributed by atoms with Crippen molar-refractivity contribution in [2.75, 3.05) is 19.5 Å². The second-order valence-electron chi connectivity index (χ2n) is 6.95. The van der Waals surface area contributed by atoms with E-state index in [1.54, 1.807) is 24.3 Å². The summed E-state index contributed by atoms with van der Waals surface area (Å²) in [6.45, 7) is 0.437. The Morgan fingerprint density at radius 3 is 2.83 bits per heavy atom. The lowest BCUT2D eigenvalue weighted by molar-refractivity contribution is -0.125. The number of ether oxygens (including phenoxy) is 1. The summed E-state index contributed by atoms with van der Waals surface area (Å²) in [4.78, 5) is 37.5. The van der Waals surface area contributed by atoms with Crippen LogP contribution < -0.4 is 15.4 Å². The largest absolute Gasteiger partial charge is 0.497 e. The Morgan fingerprint density at radius 1 is 1.33 bits per heavy atom. The Balaban J connectivity index is 1.82. The fraction of sp³-hybridized carbons (Fsp3) is 0.318. The average molecular weight is 413 g/mol. The molecule has 2 N–H and O–H groups in total. The first-order chi connectivity index (χ1) is 14.5. The lowest BCUT2D eigenvalue weighted by Gasteiger charge is -2.25. The van der Waals surface area contributed by atoms with Gasteiger partial charge in [-0.15, -0.1) is 0 Å². The van der Waals surface area contributed by atoms with E-state index >= 15 is 0 Å². The van der Waals surface area contributed by atoms with E-state index in [2.05, 4.69) is 10.6 Å². The number of carbonyl (C=O) groups excluding carboxylic acids is 3. The molecule has 3 rings (SSSR count). The Hall–Kier alpha value is -3.42. The van der Waals surface area contributed by atoms with Gasteiger partial charge in [0.2, 0.25) is 5.91 Å². The molecule has 0 aliphatic carbocycles. The monoisotopic (exact) mass is 413 g/mol. The number of amides is 2. The molecule has 1 atom stereocenters. The van der Waals surface area contributed by atoms with Crippen LogP contribution >= 0.6 is 0 Å². The van der Waals surface area contributed by atoms with Crippen LogP contribution in [0, 0.1) is 5.82 Å². The van der Waals surface area contributed by atoms with E-state index in [0.717, 1.165) is 11.8 Å². The molecule has 1 aliphatic rings. The van der Waals surface area contributed by atoms with E-state index in [0.29, 0.717) is 22.6 Å². The predicted molar refractivity (Wildman–Crippen MR) is 110 cm³/mol. The fourth-order valence-corrected chi connectivity index (χ4v) is 3.60. The number of aldehydes is 1. The Bertz CT molecular complexity index is 963. The summed E-state index contributed by atoms with van der Waals surface area (Å²) >= 11 is 0. The molecule has 1 aliphatic heterocycles. The molecule has 30 heavy (non-hydrogen) atoms. The van der Waals surface area contributed by atoms with Crippen molar-refractivity contribution in [2.45, 2.75) is 32.0 Å². The molecule has 158 valence electrons. The van der Waals surface area contributed by atoms with Crippen LogP contribution in [0.2, 0.25) is 0 Å². The predicted octanol–water partition coefficient (Wildman–Crippen LogP) is 2.50. The number of nitrogens with zero attached hydrogens (tertiary/aromatic N) is 1. The van der Waals surface area contributed by atoms with Crippen molar-refractivity contribution in [1.29, 1.82) is 0 Å². The summed E-state index contributed by atoms with van der Waals surface area (Å²) in [6, 6.07) is 9.04. The van der Waals surface area contributed by atoms with Crippen molar-refractivity contribution in [3.63, 3.8) is 0 Å². The van der Waals surface area contributed by atoms with Crippen molar-refractivity contribution in [2.24, 2.45) is 0 Å². The lowest BCUT2D eigenvalue weighted by Crippen LogP contribution is -2.46. The molecule has 1 unspecified atom stereocenters. The van der Waals surface area contributed by atoms with E-state index in [9.17, 15) is 18.8 Å². The molecule has 0 fully saturated rings. The Kier molecular flexibility index (Phi) is 6.66. The molecule has 2 aromatic rings. The second kappa shape index (κ2) is 9.39. The van der Waals surface area contributed by atoms with Crippen molar-refractivity contribution < 1.29 is 23.5 Å².